The molecule has 0 radical (unpaired) electrons. The third-order valence-electron chi connectivity index (χ3n) is 4.56. The number of aryl methyl sites for hydroxylation is 1. The normalized spacial score (nSPS) is 10.4. The number of amides is 2. The number of rotatable bonds is 11. The van der Waals surface area contributed by atoms with Crippen LogP contribution in [0.4, 0.5) is 5.69 Å². The molecule has 0 saturated heterocycles. The molecule has 2 amide bonds. The van der Waals surface area contributed by atoms with Gasteiger partial charge in [-0.15, -0.1) is 0 Å². The first-order valence-electron chi connectivity index (χ1n) is 10.4. The van der Waals surface area contributed by atoms with Gasteiger partial charge in [-0.1, -0.05) is 5.16 Å². The van der Waals surface area contributed by atoms with Crippen molar-refractivity contribution in [2.24, 2.45) is 0 Å². The Kier molecular flexibility index (Phi) is 8.23. The number of aromatic nitrogens is 2. The van der Waals surface area contributed by atoms with E-state index >= 15 is 0 Å². The first-order chi connectivity index (χ1) is 16.0. The van der Waals surface area contributed by atoms with Gasteiger partial charge < -0.3 is 29.4 Å². The molecule has 0 fully saturated rings. The lowest BCUT2D eigenvalue weighted by Crippen LogP contribution is -2.28. The van der Waals surface area contributed by atoms with E-state index < -0.39 is 0 Å². The maximum atomic E-state index is 12.3. The molecule has 0 aliphatic rings. The van der Waals surface area contributed by atoms with Gasteiger partial charge in [0.15, 0.2) is 18.1 Å². The fourth-order valence-corrected chi connectivity index (χ4v) is 2.92. The van der Waals surface area contributed by atoms with Gasteiger partial charge in [-0.3, -0.25) is 9.59 Å². The molecule has 174 valence electrons. The Bertz CT molecular complexity index is 1080. The standard InChI is InChI=1S/C23H26N4O6/c1-4-24-21(29)14-32-17-8-6-16(7-9-17)25-20(28)11-12-22-26-23(27-33-22)15-5-10-18(30-2)19(13-15)31-3/h5-10,13H,4,11-12,14H2,1-3H3,(H,24,29)(H,25,28). The third kappa shape index (κ3) is 6.70. The van der Waals surface area contributed by atoms with Gasteiger partial charge in [-0.25, -0.2) is 0 Å². The van der Waals surface area contributed by atoms with Crippen LogP contribution in [0.3, 0.4) is 0 Å². The molecule has 2 aromatic carbocycles. The van der Waals surface area contributed by atoms with Crippen LogP contribution in [0.25, 0.3) is 11.4 Å². The minimum absolute atomic E-state index is 0.0605. The van der Waals surface area contributed by atoms with E-state index in [9.17, 15) is 9.59 Å². The Hall–Kier alpha value is -4.08. The molecule has 1 heterocycles. The molecular formula is C23H26N4O6. The van der Waals surface area contributed by atoms with E-state index in [1.54, 1.807) is 56.7 Å². The van der Waals surface area contributed by atoms with E-state index in [0.29, 0.717) is 53.2 Å². The summed E-state index contributed by atoms with van der Waals surface area (Å²) < 4.78 is 21.2. The summed E-state index contributed by atoms with van der Waals surface area (Å²) in [7, 11) is 3.11. The van der Waals surface area contributed by atoms with Crippen molar-refractivity contribution in [2.75, 3.05) is 32.7 Å². The Balaban J connectivity index is 1.49. The Labute approximate surface area is 191 Å². The third-order valence-corrected chi connectivity index (χ3v) is 4.56. The van der Waals surface area contributed by atoms with Crippen LogP contribution in [0.5, 0.6) is 17.2 Å². The topological polar surface area (TPSA) is 125 Å². The summed E-state index contributed by atoms with van der Waals surface area (Å²) in [4.78, 5) is 28.1. The van der Waals surface area contributed by atoms with E-state index in [2.05, 4.69) is 20.8 Å². The highest BCUT2D eigenvalue weighted by Gasteiger charge is 2.13. The molecule has 0 spiro atoms. The Morgan fingerprint density at radius 1 is 1.00 bits per heavy atom. The monoisotopic (exact) mass is 454 g/mol. The molecular weight excluding hydrogens is 428 g/mol. The lowest BCUT2D eigenvalue weighted by atomic mass is 10.2. The highest BCUT2D eigenvalue weighted by atomic mass is 16.5. The highest BCUT2D eigenvalue weighted by Crippen LogP contribution is 2.31. The van der Waals surface area contributed by atoms with Crippen LogP contribution in [-0.4, -0.2) is 49.3 Å². The largest absolute Gasteiger partial charge is 0.493 e. The lowest BCUT2D eigenvalue weighted by Gasteiger charge is -2.08. The molecule has 0 aliphatic carbocycles. The summed E-state index contributed by atoms with van der Waals surface area (Å²) in [6.07, 6.45) is 0.461. The summed E-state index contributed by atoms with van der Waals surface area (Å²) in [6, 6.07) is 12.1. The second-order valence-electron chi connectivity index (χ2n) is 6.90. The molecule has 10 nitrogen and oxygen atoms in total. The molecule has 0 atom stereocenters. The van der Waals surface area contributed by atoms with Crippen molar-refractivity contribution >= 4 is 17.5 Å². The number of anilines is 1. The molecule has 33 heavy (non-hydrogen) atoms. The number of ether oxygens (including phenoxy) is 3. The summed E-state index contributed by atoms with van der Waals surface area (Å²) in [6.45, 7) is 2.33. The fourth-order valence-electron chi connectivity index (χ4n) is 2.92. The van der Waals surface area contributed by atoms with Crippen LogP contribution in [0.15, 0.2) is 47.0 Å². The van der Waals surface area contributed by atoms with Crippen molar-refractivity contribution in [3.05, 3.63) is 48.4 Å². The lowest BCUT2D eigenvalue weighted by molar-refractivity contribution is -0.123. The summed E-state index contributed by atoms with van der Waals surface area (Å²) >= 11 is 0. The van der Waals surface area contributed by atoms with E-state index in [-0.39, 0.29) is 24.8 Å². The average molecular weight is 454 g/mol. The Morgan fingerprint density at radius 2 is 1.76 bits per heavy atom. The van der Waals surface area contributed by atoms with Crippen LogP contribution in [0.1, 0.15) is 19.2 Å². The number of carbonyl (C=O) groups excluding carboxylic acids is 2. The van der Waals surface area contributed by atoms with Gasteiger partial charge >= 0.3 is 0 Å². The van der Waals surface area contributed by atoms with Gasteiger partial charge in [-0.05, 0) is 49.4 Å². The molecule has 1 aromatic heterocycles. The second kappa shape index (κ2) is 11.5. The van der Waals surface area contributed by atoms with Crippen LogP contribution >= 0.6 is 0 Å². The number of methoxy groups -OCH3 is 2. The number of hydrogen-bond donors (Lipinski definition) is 2. The molecule has 0 saturated carbocycles. The predicted octanol–water partition coefficient (Wildman–Crippen LogP) is 2.84. The molecule has 0 bridgehead atoms. The van der Waals surface area contributed by atoms with Crippen LogP contribution in [0, 0.1) is 0 Å². The van der Waals surface area contributed by atoms with E-state index in [4.69, 9.17) is 18.7 Å². The molecule has 3 rings (SSSR count). The summed E-state index contributed by atoms with van der Waals surface area (Å²) in [5.41, 5.74) is 1.32. The van der Waals surface area contributed by atoms with Gasteiger partial charge in [0.2, 0.25) is 17.6 Å². The summed E-state index contributed by atoms with van der Waals surface area (Å²) in [5, 5.41) is 9.42. The maximum absolute atomic E-state index is 12.3. The van der Waals surface area contributed by atoms with E-state index in [1.807, 2.05) is 6.92 Å². The predicted molar refractivity (Wildman–Crippen MR) is 120 cm³/mol. The number of nitrogens with zero attached hydrogens (tertiary/aromatic N) is 2. The molecule has 3 aromatic rings. The first-order valence-corrected chi connectivity index (χ1v) is 10.4. The first kappa shape index (κ1) is 23.6. The van der Waals surface area contributed by atoms with Crippen LogP contribution in [0.2, 0.25) is 0 Å². The van der Waals surface area contributed by atoms with E-state index in [0.717, 1.165) is 0 Å². The Morgan fingerprint density at radius 3 is 2.45 bits per heavy atom. The van der Waals surface area contributed by atoms with Crippen molar-refractivity contribution < 1.29 is 28.3 Å². The fraction of sp³-hybridized carbons (Fsp3) is 0.304. The number of hydrogen-bond acceptors (Lipinski definition) is 8. The van der Waals surface area contributed by atoms with Crippen molar-refractivity contribution in [1.82, 2.24) is 15.5 Å². The van der Waals surface area contributed by atoms with Crippen LogP contribution < -0.4 is 24.8 Å². The van der Waals surface area contributed by atoms with Gasteiger partial charge in [-0.2, -0.15) is 4.98 Å². The SMILES string of the molecule is CCNC(=O)COc1ccc(NC(=O)CCc2nc(-c3ccc(OC)c(OC)c3)no2)cc1. The quantitative estimate of drug-likeness (QED) is 0.453. The zero-order valence-electron chi connectivity index (χ0n) is 18.7. The average Bonchev–Trinajstić information content (AvgIpc) is 3.31. The second-order valence-corrected chi connectivity index (χ2v) is 6.90. The van der Waals surface area contributed by atoms with Crippen LogP contribution in [-0.2, 0) is 16.0 Å². The number of carbonyl (C=O) groups is 2. The zero-order chi connectivity index (χ0) is 23.6. The van der Waals surface area contributed by atoms with Crippen molar-refractivity contribution in [1.29, 1.82) is 0 Å². The summed E-state index contributed by atoms with van der Waals surface area (Å²) in [5.74, 6) is 2.05. The van der Waals surface area contributed by atoms with E-state index in [1.165, 1.54) is 0 Å². The zero-order valence-corrected chi connectivity index (χ0v) is 18.7. The molecule has 2 N–H and O–H groups in total. The minimum Gasteiger partial charge on any atom is -0.493 e. The minimum atomic E-state index is -0.197. The van der Waals surface area contributed by atoms with Crippen molar-refractivity contribution in [3.8, 4) is 28.6 Å². The maximum Gasteiger partial charge on any atom is 0.257 e. The number of likely N-dealkylation sites (N-methyl/N-ethyl adjacent to an activating group) is 1. The molecule has 10 heteroatoms. The van der Waals surface area contributed by atoms with Gasteiger partial charge in [0.25, 0.3) is 5.91 Å². The van der Waals surface area contributed by atoms with Crippen molar-refractivity contribution in [3.63, 3.8) is 0 Å². The number of benzene rings is 2. The molecule has 0 unspecified atom stereocenters. The molecule has 0 aliphatic heterocycles. The van der Waals surface area contributed by atoms with Crippen molar-refractivity contribution in [2.45, 2.75) is 19.8 Å². The highest BCUT2D eigenvalue weighted by molar-refractivity contribution is 5.90. The van der Waals surface area contributed by atoms with Gasteiger partial charge in [0.05, 0.1) is 14.2 Å². The smallest absolute Gasteiger partial charge is 0.257 e. The van der Waals surface area contributed by atoms with Gasteiger partial charge in [0, 0.05) is 30.6 Å². The van der Waals surface area contributed by atoms with Gasteiger partial charge in [0.1, 0.15) is 5.75 Å². The number of nitrogens with one attached hydrogen (secondary N) is 2.